The molecule has 2 unspecified atom stereocenters. The number of carbonyl (C=O) groups excluding carboxylic acids is 1. The molecule has 0 spiro atoms. The maximum atomic E-state index is 11.3. The molecule has 0 aromatic carbocycles. The van der Waals surface area contributed by atoms with Crippen molar-refractivity contribution in [1.82, 2.24) is 0 Å². The lowest BCUT2D eigenvalue weighted by Crippen LogP contribution is -2.60. The van der Waals surface area contributed by atoms with Crippen LogP contribution in [0.25, 0.3) is 0 Å². The van der Waals surface area contributed by atoms with Gasteiger partial charge in [0.25, 0.3) is 0 Å². The minimum absolute atomic E-state index is 0.251. The van der Waals surface area contributed by atoms with E-state index < -0.39 is 6.16 Å². The van der Waals surface area contributed by atoms with Gasteiger partial charge in [0.05, 0.1) is 7.11 Å². The van der Waals surface area contributed by atoms with Crippen LogP contribution in [0.2, 0.25) is 0 Å². The summed E-state index contributed by atoms with van der Waals surface area (Å²) in [6, 6.07) is 0.325. The zero-order valence-corrected chi connectivity index (χ0v) is 9.65. The molecule has 4 aliphatic rings. The van der Waals surface area contributed by atoms with Crippen LogP contribution < -0.4 is 5.73 Å². The van der Waals surface area contributed by atoms with Crippen LogP contribution in [0.1, 0.15) is 32.1 Å². The number of carbonyl (C=O) groups is 1. The van der Waals surface area contributed by atoms with Gasteiger partial charge < -0.3 is 15.2 Å². The van der Waals surface area contributed by atoms with E-state index in [1.807, 2.05) is 0 Å². The summed E-state index contributed by atoms with van der Waals surface area (Å²) in [6.07, 6.45) is 4.82. The Labute approximate surface area is 95.5 Å². The zero-order chi connectivity index (χ0) is 11.3. The van der Waals surface area contributed by atoms with Crippen LogP contribution in [0.5, 0.6) is 0 Å². The van der Waals surface area contributed by atoms with Gasteiger partial charge in [0.1, 0.15) is 5.60 Å². The van der Waals surface area contributed by atoms with Crippen molar-refractivity contribution in [1.29, 1.82) is 0 Å². The molecule has 0 saturated heterocycles. The monoisotopic (exact) mass is 225 g/mol. The fourth-order valence-electron chi connectivity index (χ4n) is 4.33. The number of ether oxygens (including phenoxy) is 2. The largest absolute Gasteiger partial charge is 0.508 e. The van der Waals surface area contributed by atoms with Gasteiger partial charge in [-0.25, -0.2) is 4.79 Å². The molecule has 0 aliphatic heterocycles. The lowest BCUT2D eigenvalue weighted by Gasteiger charge is -2.58. The first-order valence-electron chi connectivity index (χ1n) is 6.14. The summed E-state index contributed by atoms with van der Waals surface area (Å²) in [5.41, 5.74) is 5.97. The van der Waals surface area contributed by atoms with Crippen molar-refractivity contribution in [3.63, 3.8) is 0 Å². The molecule has 4 nitrogen and oxygen atoms in total. The van der Waals surface area contributed by atoms with Crippen molar-refractivity contribution in [3.8, 4) is 0 Å². The second kappa shape index (κ2) is 3.36. The van der Waals surface area contributed by atoms with E-state index in [1.54, 1.807) is 0 Å². The molecule has 0 amide bonds. The quantitative estimate of drug-likeness (QED) is 0.690. The highest BCUT2D eigenvalue weighted by molar-refractivity contribution is 5.60. The Kier molecular flexibility index (Phi) is 2.18. The van der Waals surface area contributed by atoms with Gasteiger partial charge in [-0.1, -0.05) is 0 Å². The average Bonchev–Trinajstić information content (AvgIpc) is 2.24. The topological polar surface area (TPSA) is 61.5 Å². The van der Waals surface area contributed by atoms with Crippen LogP contribution in [-0.4, -0.2) is 24.9 Å². The molecule has 4 rings (SSSR count). The smallest absolute Gasteiger partial charge is 0.438 e. The van der Waals surface area contributed by atoms with Crippen molar-refractivity contribution in [2.75, 3.05) is 7.11 Å². The number of nitrogens with two attached hydrogens (primary N) is 1. The standard InChI is InChI=1S/C12H19NO3/c1-15-11(14)16-12-4-7-2-8(5-12)10(13)9(3-7)6-12/h7-10H,2-6,13H2,1H3. The Hall–Kier alpha value is -0.770. The summed E-state index contributed by atoms with van der Waals surface area (Å²) in [7, 11) is 1.37. The van der Waals surface area contributed by atoms with Gasteiger partial charge in [-0.15, -0.1) is 0 Å². The summed E-state index contributed by atoms with van der Waals surface area (Å²) >= 11 is 0. The number of hydrogen-bond acceptors (Lipinski definition) is 4. The fourth-order valence-corrected chi connectivity index (χ4v) is 4.33. The van der Waals surface area contributed by atoms with Crippen LogP contribution >= 0.6 is 0 Å². The third-order valence-corrected chi connectivity index (χ3v) is 4.76. The lowest BCUT2D eigenvalue weighted by molar-refractivity contribution is -0.146. The molecule has 4 bridgehead atoms. The summed E-state index contributed by atoms with van der Waals surface area (Å²) in [5.74, 6) is 1.81. The first-order valence-corrected chi connectivity index (χ1v) is 6.14. The molecule has 16 heavy (non-hydrogen) atoms. The second-order valence-electron chi connectivity index (χ2n) is 5.79. The third-order valence-electron chi connectivity index (χ3n) is 4.76. The van der Waals surface area contributed by atoms with Crippen LogP contribution in [0.3, 0.4) is 0 Å². The minimum Gasteiger partial charge on any atom is -0.438 e. The Morgan fingerprint density at radius 1 is 1.25 bits per heavy atom. The number of hydrogen-bond donors (Lipinski definition) is 1. The Morgan fingerprint density at radius 3 is 2.44 bits per heavy atom. The van der Waals surface area contributed by atoms with Gasteiger partial charge in [0.2, 0.25) is 0 Å². The van der Waals surface area contributed by atoms with Crippen molar-refractivity contribution in [2.45, 2.75) is 43.7 Å². The van der Waals surface area contributed by atoms with E-state index in [0.717, 1.165) is 19.3 Å². The number of rotatable bonds is 1. The van der Waals surface area contributed by atoms with Crippen LogP contribution in [0.15, 0.2) is 0 Å². The van der Waals surface area contributed by atoms with Crippen molar-refractivity contribution in [3.05, 3.63) is 0 Å². The molecule has 4 fully saturated rings. The molecule has 0 radical (unpaired) electrons. The predicted octanol–water partition coefficient (Wildman–Crippen LogP) is 1.68. The van der Waals surface area contributed by atoms with E-state index in [9.17, 15) is 4.79 Å². The zero-order valence-electron chi connectivity index (χ0n) is 9.65. The molecule has 4 aliphatic carbocycles. The van der Waals surface area contributed by atoms with E-state index in [-0.39, 0.29) is 5.60 Å². The summed E-state index contributed by atoms with van der Waals surface area (Å²) in [6.45, 7) is 0. The normalized spacial score (nSPS) is 49.1. The van der Waals surface area contributed by atoms with Crippen LogP contribution in [0, 0.1) is 17.8 Å². The highest BCUT2D eigenvalue weighted by Crippen LogP contribution is 2.56. The molecular weight excluding hydrogens is 206 g/mol. The molecule has 2 N–H and O–H groups in total. The molecule has 90 valence electrons. The maximum absolute atomic E-state index is 11.3. The number of methoxy groups -OCH3 is 1. The first kappa shape index (κ1) is 10.4. The van der Waals surface area contributed by atoms with Crippen molar-refractivity contribution >= 4 is 6.16 Å². The second-order valence-corrected chi connectivity index (χ2v) is 5.79. The van der Waals surface area contributed by atoms with Gasteiger partial charge in [0, 0.05) is 6.04 Å². The SMILES string of the molecule is COC(=O)OC12CC3CC(C1)C(N)C(C3)C2. The Balaban J connectivity index is 1.80. The molecule has 0 aromatic rings. The Morgan fingerprint density at radius 2 is 1.88 bits per heavy atom. The molecule has 4 saturated carbocycles. The van der Waals surface area contributed by atoms with E-state index in [0.29, 0.717) is 23.8 Å². The molecule has 2 atom stereocenters. The molecule has 0 heterocycles. The molecule has 4 heteroatoms. The Bertz CT molecular complexity index is 301. The van der Waals surface area contributed by atoms with E-state index in [2.05, 4.69) is 4.74 Å². The molecule has 0 aromatic heterocycles. The summed E-state index contributed by atoms with van der Waals surface area (Å²) in [4.78, 5) is 11.3. The minimum atomic E-state index is -0.532. The van der Waals surface area contributed by atoms with Gasteiger partial charge in [-0.05, 0) is 49.9 Å². The summed E-state index contributed by atoms with van der Waals surface area (Å²) < 4.78 is 10.2. The van der Waals surface area contributed by atoms with Crippen LogP contribution in [0.4, 0.5) is 4.79 Å². The van der Waals surface area contributed by atoms with Gasteiger partial charge in [-0.2, -0.15) is 0 Å². The van der Waals surface area contributed by atoms with Gasteiger partial charge in [-0.3, -0.25) is 0 Å². The van der Waals surface area contributed by atoms with Crippen LogP contribution in [-0.2, 0) is 9.47 Å². The predicted molar refractivity (Wildman–Crippen MR) is 57.8 cm³/mol. The van der Waals surface area contributed by atoms with E-state index >= 15 is 0 Å². The van der Waals surface area contributed by atoms with Gasteiger partial charge >= 0.3 is 6.16 Å². The maximum Gasteiger partial charge on any atom is 0.508 e. The van der Waals surface area contributed by atoms with E-state index in [1.165, 1.54) is 20.0 Å². The third kappa shape index (κ3) is 1.43. The first-order chi connectivity index (χ1) is 7.62. The van der Waals surface area contributed by atoms with Crippen molar-refractivity contribution < 1.29 is 14.3 Å². The lowest BCUT2D eigenvalue weighted by atomic mass is 9.52. The average molecular weight is 225 g/mol. The highest BCUT2D eigenvalue weighted by atomic mass is 16.7. The summed E-state index contributed by atoms with van der Waals surface area (Å²) in [5, 5.41) is 0. The van der Waals surface area contributed by atoms with Crippen molar-refractivity contribution in [2.24, 2.45) is 23.5 Å². The molecular formula is C12H19NO3. The fraction of sp³-hybridized carbons (Fsp3) is 0.917. The highest BCUT2D eigenvalue weighted by Gasteiger charge is 2.56. The van der Waals surface area contributed by atoms with E-state index in [4.69, 9.17) is 10.5 Å². The van der Waals surface area contributed by atoms with Gasteiger partial charge in [0.15, 0.2) is 0 Å².